The summed E-state index contributed by atoms with van der Waals surface area (Å²) in [5.41, 5.74) is -5.74. The Bertz CT molecular complexity index is 3410. The topological polar surface area (TPSA) is 375 Å². The first kappa shape index (κ1) is 48.8. The maximum atomic E-state index is 16.9. The minimum Gasteiger partial charge on any atom is -0.305 e. The highest BCUT2D eigenvalue weighted by Crippen LogP contribution is 2.48. The third-order valence-electron chi connectivity index (χ3n) is 10.7. The van der Waals surface area contributed by atoms with Gasteiger partial charge in [-0.2, -0.15) is 63.1 Å². The van der Waals surface area contributed by atoms with Gasteiger partial charge in [0.2, 0.25) is 38.1 Å². The number of hydrogen-bond donors (Lipinski definition) is 0. The predicted molar refractivity (Wildman–Crippen MR) is 255 cm³/mol. The smallest absolute Gasteiger partial charge is 0.207 e. The van der Waals surface area contributed by atoms with E-state index in [1.807, 2.05) is 72.8 Å². The molecule has 0 unspecified atom stereocenters. The summed E-state index contributed by atoms with van der Waals surface area (Å²) in [5, 5.41) is 120. The maximum absolute atomic E-state index is 16.9. The molecule has 0 amide bonds. The molecule has 21 heteroatoms. The Hall–Kier alpha value is -11.1. The fourth-order valence-corrected chi connectivity index (χ4v) is 15.2. The van der Waals surface area contributed by atoms with Crippen molar-refractivity contribution in [3.8, 4) is 72.8 Å². The van der Waals surface area contributed by atoms with Crippen molar-refractivity contribution in [2.75, 3.05) is 0 Å². The summed E-state index contributed by atoms with van der Waals surface area (Å²) in [7, 11) is -15.4. The van der Waals surface area contributed by atoms with Gasteiger partial charge in [0.05, 0.1) is 140 Å². The van der Waals surface area contributed by atoms with E-state index in [9.17, 15) is 63.1 Å². The Kier molecular flexibility index (Phi) is 13.3. The zero-order valence-electron chi connectivity index (χ0n) is 36.2. The fourth-order valence-electron chi connectivity index (χ4n) is 7.44. The van der Waals surface area contributed by atoms with E-state index in [0.717, 1.165) is 109 Å². The van der Waals surface area contributed by atoms with E-state index in [-0.39, 0.29) is 66.8 Å². The van der Waals surface area contributed by atoms with Crippen LogP contribution in [-0.4, -0.2) is 15.0 Å². The number of nitriles is 12. The van der Waals surface area contributed by atoms with Crippen LogP contribution in [0, 0.1) is 136 Å². The zero-order valence-corrected chi connectivity index (χ0v) is 38.9. The molecule has 0 aliphatic rings. The van der Waals surface area contributed by atoms with Gasteiger partial charge in [-0.1, -0.05) is 0 Å². The molecule has 1 heterocycles. The lowest BCUT2D eigenvalue weighted by Crippen LogP contribution is -2.44. The molecule has 0 radical (unpaired) electrons. The maximum Gasteiger partial charge on any atom is 0.207 e. The molecule has 0 saturated carbocycles. The molecule has 0 saturated heterocycles. The molecule has 0 fully saturated rings. The van der Waals surface area contributed by atoms with E-state index >= 15 is 13.7 Å². The van der Waals surface area contributed by atoms with Gasteiger partial charge in [0.25, 0.3) is 0 Å². The number of nitrogens with zero attached hydrogens (tertiary/aromatic N) is 15. The fraction of sp³-hybridized carbons (Fsp3) is 0. The van der Waals surface area contributed by atoms with E-state index in [2.05, 4.69) is 15.0 Å². The van der Waals surface area contributed by atoms with Crippen LogP contribution >= 0.6 is 21.4 Å². The molecular formula is C51H18N15O3P3. The van der Waals surface area contributed by atoms with Crippen LogP contribution in [0.15, 0.2) is 109 Å². The standard InChI is InChI=1S/C51H18N15O3P3/c52-19-31-1-32(20-53)8-43(7-31)70(67,44-9-33(21-54)2-34(10-44)22-55)49-64-50(71(68,45-11-35(23-56)3-36(12-45)24-57)46-13-37(25-58)4-38(14-46)26-59)66-51(65-49)72(69,47-15-39(27-60)5-40(16-47)28-61)48-17-41(29-62)6-42(18-48)30-63/h1-18H. The van der Waals surface area contributed by atoms with E-state index in [0.29, 0.717) is 0 Å². The van der Waals surface area contributed by atoms with Gasteiger partial charge in [-0.25, -0.2) is 15.0 Å². The third-order valence-corrected chi connectivity index (χ3v) is 18.9. The Morgan fingerprint density at radius 3 is 0.431 bits per heavy atom. The molecule has 330 valence electrons. The monoisotopic (exact) mass is 981 g/mol. The molecule has 72 heavy (non-hydrogen) atoms. The second-order valence-corrected chi connectivity index (χ2v) is 23.0. The van der Waals surface area contributed by atoms with Crippen LogP contribution < -0.4 is 48.5 Å². The average molecular weight is 982 g/mol. The molecule has 1 aromatic heterocycles. The lowest BCUT2D eigenvalue weighted by Gasteiger charge is -2.25. The van der Waals surface area contributed by atoms with E-state index in [4.69, 9.17) is 0 Å². The molecule has 7 rings (SSSR count). The van der Waals surface area contributed by atoms with Crippen molar-refractivity contribution < 1.29 is 13.7 Å². The second kappa shape index (κ2) is 19.6. The van der Waals surface area contributed by atoms with Gasteiger partial charge in [0.15, 0.2) is 0 Å². The highest BCUT2D eigenvalue weighted by molar-refractivity contribution is 7.87. The molecule has 0 bridgehead atoms. The van der Waals surface area contributed by atoms with Crippen molar-refractivity contribution >= 4 is 69.9 Å². The summed E-state index contributed by atoms with van der Waals surface area (Å²) in [6.07, 6.45) is 0. The van der Waals surface area contributed by atoms with Crippen LogP contribution in [0.3, 0.4) is 0 Å². The van der Waals surface area contributed by atoms with Gasteiger partial charge in [0, 0.05) is 31.8 Å². The van der Waals surface area contributed by atoms with Crippen molar-refractivity contribution in [3.05, 3.63) is 176 Å². The highest BCUT2D eigenvalue weighted by atomic mass is 31.2. The molecule has 6 aromatic carbocycles. The number of benzene rings is 6. The first-order valence-electron chi connectivity index (χ1n) is 20.0. The highest BCUT2D eigenvalue weighted by Gasteiger charge is 2.44. The van der Waals surface area contributed by atoms with Crippen molar-refractivity contribution in [2.45, 2.75) is 0 Å². The Morgan fingerprint density at radius 2 is 0.333 bits per heavy atom. The van der Waals surface area contributed by atoms with Gasteiger partial charge in [0.1, 0.15) is 0 Å². The first-order valence-corrected chi connectivity index (χ1v) is 25.1. The minimum atomic E-state index is -5.15. The molecule has 0 N–H and O–H groups in total. The largest absolute Gasteiger partial charge is 0.305 e. The summed E-state index contributed by atoms with van der Waals surface area (Å²) in [4.78, 5) is 13.9. The normalized spacial score (nSPS) is 10.5. The second-order valence-electron chi connectivity index (χ2n) is 15.0. The van der Waals surface area contributed by atoms with Crippen LogP contribution in [0.2, 0.25) is 0 Å². The van der Waals surface area contributed by atoms with Crippen molar-refractivity contribution in [1.29, 1.82) is 63.1 Å². The molecule has 0 aliphatic carbocycles. The Balaban J connectivity index is 1.84. The zero-order chi connectivity index (χ0) is 52.0. The van der Waals surface area contributed by atoms with Crippen LogP contribution in [0.4, 0.5) is 0 Å². The van der Waals surface area contributed by atoms with E-state index in [1.54, 1.807) is 0 Å². The number of aromatic nitrogens is 3. The molecule has 0 atom stereocenters. The molecule has 18 nitrogen and oxygen atoms in total. The van der Waals surface area contributed by atoms with Crippen molar-refractivity contribution in [1.82, 2.24) is 15.0 Å². The van der Waals surface area contributed by atoms with Gasteiger partial charge in [-0.05, 0) is 109 Å². The summed E-state index contributed by atoms with van der Waals surface area (Å²) >= 11 is 0. The van der Waals surface area contributed by atoms with Gasteiger partial charge >= 0.3 is 0 Å². The molecule has 0 spiro atoms. The van der Waals surface area contributed by atoms with Crippen LogP contribution in [0.1, 0.15) is 66.8 Å². The van der Waals surface area contributed by atoms with Crippen molar-refractivity contribution in [3.63, 3.8) is 0 Å². The Labute approximate surface area is 408 Å². The van der Waals surface area contributed by atoms with Gasteiger partial charge in [-0.15, -0.1) is 0 Å². The van der Waals surface area contributed by atoms with Gasteiger partial charge in [-0.3, -0.25) is 0 Å². The SMILES string of the molecule is N#Cc1cc(C#N)cc(P(=O)(c2cc(C#N)cc(C#N)c2)c2nc(P(=O)(c3cc(C#N)cc(C#N)c3)c3cc(C#N)cc(C#N)c3)nc(P(=O)(c3cc(C#N)cc(C#N)c3)c3cc(C#N)cc(C#N)c3)n2)c1. The lowest BCUT2D eigenvalue weighted by molar-refractivity contribution is 0.590. The molecule has 7 aromatic rings. The van der Waals surface area contributed by atoms with Crippen LogP contribution in [0.5, 0.6) is 0 Å². The summed E-state index contributed by atoms with van der Waals surface area (Å²) in [6.45, 7) is 0. The predicted octanol–water partition coefficient (Wildman–Crippen LogP) is 3.25. The summed E-state index contributed by atoms with van der Waals surface area (Å²) in [6, 6.07) is 42.5. The first-order chi connectivity index (χ1) is 34.6. The quantitative estimate of drug-likeness (QED) is 0.187. The van der Waals surface area contributed by atoms with Gasteiger partial charge < -0.3 is 13.7 Å². The Morgan fingerprint density at radius 1 is 0.222 bits per heavy atom. The number of hydrogen-bond acceptors (Lipinski definition) is 18. The van der Waals surface area contributed by atoms with Crippen LogP contribution in [-0.2, 0) is 13.7 Å². The van der Waals surface area contributed by atoms with E-state index in [1.165, 1.54) is 0 Å². The summed E-state index contributed by atoms with van der Waals surface area (Å²) in [5.74, 6) is 0. The third kappa shape index (κ3) is 8.67. The molecular weight excluding hydrogens is 964 g/mol. The van der Waals surface area contributed by atoms with E-state index < -0.39 is 69.9 Å². The van der Waals surface area contributed by atoms with Crippen molar-refractivity contribution in [2.24, 2.45) is 0 Å². The number of rotatable bonds is 9. The van der Waals surface area contributed by atoms with Crippen LogP contribution in [0.25, 0.3) is 0 Å². The summed E-state index contributed by atoms with van der Waals surface area (Å²) < 4.78 is 50.7. The minimum absolute atomic E-state index is 0.239. The molecule has 0 aliphatic heterocycles. The average Bonchev–Trinajstić information content (AvgIpc) is 3.44. The lowest BCUT2D eigenvalue weighted by atomic mass is 10.1.